The molecule has 27 heavy (non-hydrogen) atoms. The summed E-state index contributed by atoms with van der Waals surface area (Å²) in [5.74, 6) is 0.688. The molecular formula is C23H29NO3. The second-order valence-corrected chi connectivity index (χ2v) is 7.24. The predicted octanol–water partition coefficient (Wildman–Crippen LogP) is 4.12. The lowest BCUT2D eigenvalue weighted by molar-refractivity contribution is -0.123. The van der Waals surface area contributed by atoms with Crippen LogP contribution >= 0.6 is 0 Å². The van der Waals surface area contributed by atoms with Crippen molar-refractivity contribution in [3.63, 3.8) is 0 Å². The fraction of sp³-hybridized carbons (Fsp3) is 0.435. The molecule has 1 fully saturated rings. The van der Waals surface area contributed by atoms with E-state index in [1.165, 1.54) is 5.56 Å². The quantitative estimate of drug-likeness (QED) is 0.725. The van der Waals surface area contributed by atoms with Gasteiger partial charge in [0.1, 0.15) is 5.75 Å². The zero-order chi connectivity index (χ0) is 18.9. The number of rotatable bonds is 9. The normalized spacial score (nSPS) is 17.4. The number of amides is 1. The highest BCUT2D eigenvalue weighted by molar-refractivity contribution is 5.77. The van der Waals surface area contributed by atoms with Gasteiger partial charge in [-0.1, -0.05) is 48.5 Å². The molecule has 1 N–H and O–H groups in total. The Hall–Kier alpha value is -2.33. The van der Waals surface area contributed by atoms with E-state index in [1.807, 2.05) is 49.4 Å². The first-order valence-corrected chi connectivity index (χ1v) is 9.86. The second-order valence-electron chi connectivity index (χ2n) is 7.24. The molecule has 1 aliphatic rings. The van der Waals surface area contributed by atoms with Gasteiger partial charge in [-0.05, 0) is 49.8 Å². The van der Waals surface area contributed by atoms with Gasteiger partial charge in [0, 0.05) is 19.1 Å². The van der Waals surface area contributed by atoms with Crippen molar-refractivity contribution in [2.24, 2.45) is 0 Å². The average Bonchev–Trinajstić information content (AvgIpc) is 3.20. The number of carbonyl (C=O) groups excluding carboxylic acids is 1. The minimum atomic E-state index is -0.0793. The Labute approximate surface area is 161 Å². The summed E-state index contributed by atoms with van der Waals surface area (Å²) in [4.78, 5) is 12.2. The van der Waals surface area contributed by atoms with Gasteiger partial charge in [-0.15, -0.1) is 0 Å². The van der Waals surface area contributed by atoms with Crippen molar-refractivity contribution in [3.05, 3.63) is 65.7 Å². The van der Waals surface area contributed by atoms with Crippen molar-refractivity contribution in [1.82, 2.24) is 5.32 Å². The summed E-state index contributed by atoms with van der Waals surface area (Å²) in [6.45, 7) is 2.95. The maximum Gasteiger partial charge on any atom is 0.258 e. The van der Waals surface area contributed by atoms with E-state index in [1.54, 1.807) is 0 Å². The van der Waals surface area contributed by atoms with Crippen molar-refractivity contribution in [3.8, 4) is 5.75 Å². The average molecular weight is 367 g/mol. The molecule has 0 spiro atoms. The number of hydrogen-bond donors (Lipinski definition) is 1. The van der Waals surface area contributed by atoms with Crippen LogP contribution in [0.4, 0.5) is 0 Å². The third kappa shape index (κ3) is 6.40. The Morgan fingerprint density at radius 1 is 1.19 bits per heavy atom. The molecular weight excluding hydrogens is 338 g/mol. The van der Waals surface area contributed by atoms with Crippen LogP contribution in [0.5, 0.6) is 5.75 Å². The number of benzene rings is 2. The largest absolute Gasteiger partial charge is 0.483 e. The molecule has 4 heteroatoms. The number of ether oxygens (including phenoxy) is 2. The molecule has 2 aromatic carbocycles. The van der Waals surface area contributed by atoms with E-state index in [9.17, 15) is 4.79 Å². The Kier molecular flexibility index (Phi) is 7.28. The van der Waals surface area contributed by atoms with Crippen LogP contribution in [0.25, 0.3) is 0 Å². The minimum Gasteiger partial charge on any atom is -0.483 e. The topological polar surface area (TPSA) is 47.6 Å². The van der Waals surface area contributed by atoms with Crippen LogP contribution in [0.15, 0.2) is 54.6 Å². The maximum absolute atomic E-state index is 12.2. The van der Waals surface area contributed by atoms with Crippen LogP contribution in [0.3, 0.4) is 0 Å². The lowest BCUT2D eigenvalue weighted by Crippen LogP contribution is -2.36. The third-order valence-electron chi connectivity index (χ3n) is 4.92. The summed E-state index contributed by atoms with van der Waals surface area (Å²) >= 11 is 0. The monoisotopic (exact) mass is 367 g/mol. The number of nitrogens with one attached hydrogen (secondary N) is 1. The van der Waals surface area contributed by atoms with Crippen molar-refractivity contribution >= 4 is 5.91 Å². The SMILES string of the molecule is CC(CCC1CCCO1)NC(=O)COc1ccccc1Cc1ccccc1. The van der Waals surface area contributed by atoms with Crippen molar-refractivity contribution in [1.29, 1.82) is 0 Å². The highest BCUT2D eigenvalue weighted by Crippen LogP contribution is 2.21. The Balaban J connectivity index is 1.45. The minimum absolute atomic E-state index is 0.0378. The van der Waals surface area contributed by atoms with Crippen molar-refractivity contribution < 1.29 is 14.3 Å². The van der Waals surface area contributed by atoms with Gasteiger partial charge in [0.25, 0.3) is 5.91 Å². The van der Waals surface area contributed by atoms with E-state index < -0.39 is 0 Å². The third-order valence-corrected chi connectivity index (χ3v) is 4.92. The van der Waals surface area contributed by atoms with Gasteiger partial charge < -0.3 is 14.8 Å². The summed E-state index contributed by atoms with van der Waals surface area (Å²) in [5.41, 5.74) is 2.31. The second kappa shape index (κ2) is 10.1. The number of hydrogen-bond acceptors (Lipinski definition) is 3. The summed E-state index contributed by atoms with van der Waals surface area (Å²) in [6, 6.07) is 18.3. The first kappa shape index (κ1) is 19.4. The fourth-order valence-electron chi connectivity index (χ4n) is 3.45. The van der Waals surface area contributed by atoms with Gasteiger partial charge in [-0.3, -0.25) is 4.79 Å². The number of para-hydroxylation sites is 1. The first-order valence-electron chi connectivity index (χ1n) is 9.86. The molecule has 0 aromatic heterocycles. The van der Waals surface area contributed by atoms with Crippen LogP contribution < -0.4 is 10.1 Å². The summed E-state index contributed by atoms with van der Waals surface area (Å²) in [7, 11) is 0. The van der Waals surface area contributed by atoms with E-state index in [0.29, 0.717) is 6.10 Å². The molecule has 3 rings (SSSR count). The molecule has 0 radical (unpaired) electrons. The molecule has 1 amide bonds. The summed E-state index contributed by atoms with van der Waals surface area (Å²) in [6.07, 6.45) is 5.38. The molecule has 0 aliphatic carbocycles. The summed E-state index contributed by atoms with van der Waals surface area (Å²) < 4.78 is 11.5. The molecule has 2 aromatic rings. The van der Waals surface area contributed by atoms with Crippen LogP contribution in [-0.4, -0.2) is 31.3 Å². The van der Waals surface area contributed by atoms with E-state index in [-0.39, 0.29) is 18.6 Å². The molecule has 144 valence electrons. The van der Waals surface area contributed by atoms with Crippen LogP contribution in [-0.2, 0) is 16.0 Å². The molecule has 0 bridgehead atoms. The van der Waals surface area contributed by atoms with Crippen molar-refractivity contribution in [2.45, 2.75) is 51.2 Å². The lowest BCUT2D eigenvalue weighted by atomic mass is 10.0. The van der Waals surface area contributed by atoms with Gasteiger partial charge in [-0.25, -0.2) is 0 Å². The maximum atomic E-state index is 12.2. The Morgan fingerprint density at radius 2 is 1.96 bits per heavy atom. The fourth-order valence-corrected chi connectivity index (χ4v) is 3.45. The van der Waals surface area contributed by atoms with E-state index >= 15 is 0 Å². The molecule has 2 unspecified atom stereocenters. The molecule has 2 atom stereocenters. The van der Waals surface area contributed by atoms with Crippen molar-refractivity contribution in [2.75, 3.05) is 13.2 Å². The molecule has 1 aliphatic heterocycles. The zero-order valence-electron chi connectivity index (χ0n) is 16.0. The van der Waals surface area contributed by atoms with Crippen LogP contribution in [0.1, 0.15) is 43.7 Å². The van der Waals surface area contributed by atoms with Gasteiger partial charge in [0.15, 0.2) is 6.61 Å². The Morgan fingerprint density at radius 3 is 2.74 bits per heavy atom. The highest BCUT2D eigenvalue weighted by atomic mass is 16.5. The molecule has 4 nitrogen and oxygen atoms in total. The first-order chi connectivity index (χ1) is 13.2. The smallest absolute Gasteiger partial charge is 0.258 e. The van der Waals surface area contributed by atoms with Crippen LogP contribution in [0, 0.1) is 0 Å². The summed E-state index contributed by atoms with van der Waals surface area (Å²) in [5, 5.41) is 3.02. The molecule has 1 heterocycles. The van der Waals surface area contributed by atoms with Crippen LogP contribution in [0.2, 0.25) is 0 Å². The van der Waals surface area contributed by atoms with Gasteiger partial charge in [0.2, 0.25) is 0 Å². The lowest BCUT2D eigenvalue weighted by Gasteiger charge is -2.17. The molecule has 1 saturated heterocycles. The van der Waals surface area contributed by atoms with E-state index in [2.05, 4.69) is 17.4 Å². The predicted molar refractivity (Wildman–Crippen MR) is 107 cm³/mol. The van der Waals surface area contributed by atoms with Gasteiger partial charge in [-0.2, -0.15) is 0 Å². The van der Waals surface area contributed by atoms with E-state index in [0.717, 1.165) is 50.0 Å². The van der Waals surface area contributed by atoms with Gasteiger partial charge >= 0.3 is 0 Å². The number of carbonyl (C=O) groups is 1. The molecule has 0 saturated carbocycles. The van der Waals surface area contributed by atoms with E-state index in [4.69, 9.17) is 9.47 Å². The Bertz CT molecular complexity index is 711. The zero-order valence-corrected chi connectivity index (χ0v) is 16.0. The highest BCUT2D eigenvalue weighted by Gasteiger charge is 2.17. The van der Waals surface area contributed by atoms with Gasteiger partial charge in [0.05, 0.1) is 6.10 Å². The standard InChI is InChI=1S/C23H29NO3/c1-18(13-14-21-11-7-15-26-21)24-23(25)17-27-22-12-6-5-10-20(22)16-19-8-3-2-4-9-19/h2-6,8-10,12,18,21H,7,11,13-17H2,1H3,(H,24,25).